The molecule has 3 rings (SSSR count). The monoisotopic (exact) mass is 327 g/mol. The summed E-state index contributed by atoms with van der Waals surface area (Å²) < 4.78 is 3.22. The van der Waals surface area contributed by atoms with Crippen molar-refractivity contribution in [2.24, 2.45) is 11.8 Å². The third kappa shape index (κ3) is 2.28. The summed E-state index contributed by atoms with van der Waals surface area (Å²) >= 11 is 9.30. The summed E-state index contributed by atoms with van der Waals surface area (Å²) in [6, 6.07) is 2.02. The summed E-state index contributed by atoms with van der Waals surface area (Å²) in [5, 5.41) is 0. The SMILES string of the molecule is CC1CC1Cn1c(CCCl)nc2cc(Br)cnc21. The van der Waals surface area contributed by atoms with Crippen LogP contribution in [0.2, 0.25) is 0 Å². The lowest BCUT2D eigenvalue weighted by atomic mass is 10.3. The van der Waals surface area contributed by atoms with Gasteiger partial charge in [0.25, 0.3) is 0 Å². The predicted molar refractivity (Wildman–Crippen MR) is 76.9 cm³/mol. The first-order chi connectivity index (χ1) is 8.69. The second-order valence-corrected chi connectivity index (χ2v) is 6.34. The number of alkyl halides is 1. The highest BCUT2D eigenvalue weighted by atomic mass is 79.9. The van der Waals surface area contributed by atoms with E-state index in [0.717, 1.165) is 46.3 Å². The number of imidazole rings is 1. The number of halogens is 2. The van der Waals surface area contributed by atoms with E-state index in [1.54, 1.807) is 0 Å². The standard InChI is InChI=1S/C13H15BrClN3/c1-8-4-9(8)7-18-12(2-3-15)17-11-5-10(14)6-16-13(11)18/h5-6,8-9H,2-4,7H2,1H3. The van der Waals surface area contributed by atoms with Gasteiger partial charge in [-0.3, -0.25) is 0 Å². The first kappa shape index (κ1) is 12.4. The van der Waals surface area contributed by atoms with Crippen LogP contribution in [0, 0.1) is 11.8 Å². The van der Waals surface area contributed by atoms with Gasteiger partial charge in [0, 0.05) is 29.5 Å². The minimum absolute atomic E-state index is 0.602. The topological polar surface area (TPSA) is 30.7 Å². The van der Waals surface area contributed by atoms with E-state index >= 15 is 0 Å². The van der Waals surface area contributed by atoms with Gasteiger partial charge < -0.3 is 4.57 Å². The van der Waals surface area contributed by atoms with Crippen LogP contribution in [-0.2, 0) is 13.0 Å². The van der Waals surface area contributed by atoms with Crippen LogP contribution in [0.1, 0.15) is 19.2 Å². The Morgan fingerprint density at radius 3 is 3.00 bits per heavy atom. The average molecular weight is 329 g/mol. The molecule has 0 spiro atoms. The summed E-state index contributed by atoms with van der Waals surface area (Å²) in [5.41, 5.74) is 1.94. The number of rotatable bonds is 4. The molecule has 18 heavy (non-hydrogen) atoms. The molecule has 0 aliphatic heterocycles. The number of aromatic nitrogens is 3. The van der Waals surface area contributed by atoms with E-state index in [2.05, 4.69) is 37.4 Å². The molecule has 0 bridgehead atoms. The quantitative estimate of drug-likeness (QED) is 0.802. The molecule has 0 radical (unpaired) electrons. The van der Waals surface area contributed by atoms with Gasteiger partial charge >= 0.3 is 0 Å². The van der Waals surface area contributed by atoms with E-state index in [4.69, 9.17) is 11.6 Å². The Labute approximate surface area is 120 Å². The normalized spacial score (nSPS) is 22.6. The van der Waals surface area contributed by atoms with Crippen molar-refractivity contribution in [2.45, 2.75) is 26.3 Å². The summed E-state index contributed by atoms with van der Waals surface area (Å²) in [6.45, 7) is 3.33. The summed E-state index contributed by atoms with van der Waals surface area (Å²) in [6.07, 6.45) is 3.95. The van der Waals surface area contributed by atoms with Crippen LogP contribution >= 0.6 is 27.5 Å². The molecular weight excluding hydrogens is 314 g/mol. The Morgan fingerprint density at radius 2 is 2.33 bits per heavy atom. The highest BCUT2D eigenvalue weighted by Gasteiger charge is 2.33. The first-order valence-corrected chi connectivity index (χ1v) is 7.58. The third-order valence-corrected chi connectivity index (χ3v) is 4.26. The van der Waals surface area contributed by atoms with Crippen molar-refractivity contribution in [3.8, 4) is 0 Å². The molecule has 0 saturated heterocycles. The van der Waals surface area contributed by atoms with Crippen LogP contribution in [0.4, 0.5) is 0 Å². The zero-order valence-corrected chi connectivity index (χ0v) is 12.6. The highest BCUT2D eigenvalue weighted by molar-refractivity contribution is 9.10. The largest absolute Gasteiger partial charge is 0.312 e. The molecule has 1 fully saturated rings. The van der Waals surface area contributed by atoms with Crippen molar-refractivity contribution < 1.29 is 0 Å². The molecule has 2 aromatic rings. The van der Waals surface area contributed by atoms with Gasteiger partial charge in [-0.25, -0.2) is 9.97 Å². The molecule has 0 N–H and O–H groups in total. The van der Waals surface area contributed by atoms with E-state index in [0.29, 0.717) is 5.88 Å². The second kappa shape index (κ2) is 4.82. The number of pyridine rings is 1. The molecule has 2 heterocycles. The van der Waals surface area contributed by atoms with Gasteiger partial charge in [0.15, 0.2) is 5.65 Å². The fraction of sp³-hybridized carbons (Fsp3) is 0.538. The molecule has 1 aliphatic carbocycles. The van der Waals surface area contributed by atoms with Crippen LogP contribution in [0.3, 0.4) is 0 Å². The first-order valence-electron chi connectivity index (χ1n) is 6.25. The number of fused-ring (bicyclic) bond motifs is 1. The minimum atomic E-state index is 0.602. The van der Waals surface area contributed by atoms with E-state index in [9.17, 15) is 0 Å². The maximum absolute atomic E-state index is 5.86. The van der Waals surface area contributed by atoms with Gasteiger partial charge in [-0.1, -0.05) is 6.92 Å². The minimum Gasteiger partial charge on any atom is -0.312 e. The van der Waals surface area contributed by atoms with Gasteiger partial charge in [-0.05, 0) is 40.3 Å². The van der Waals surface area contributed by atoms with Crippen LogP contribution < -0.4 is 0 Å². The summed E-state index contributed by atoms with van der Waals surface area (Å²) in [7, 11) is 0. The molecule has 0 aromatic carbocycles. The molecule has 2 aromatic heterocycles. The fourth-order valence-electron chi connectivity index (χ4n) is 2.39. The fourth-order valence-corrected chi connectivity index (χ4v) is 2.88. The lowest BCUT2D eigenvalue weighted by molar-refractivity contribution is 0.582. The van der Waals surface area contributed by atoms with Crippen molar-refractivity contribution >= 4 is 38.7 Å². The van der Waals surface area contributed by atoms with Crippen molar-refractivity contribution in [3.05, 3.63) is 22.6 Å². The highest BCUT2D eigenvalue weighted by Crippen LogP contribution is 2.39. The molecule has 1 saturated carbocycles. The lowest BCUT2D eigenvalue weighted by Crippen LogP contribution is -2.07. The molecule has 2 atom stereocenters. The Hall–Kier alpha value is -0.610. The summed E-state index contributed by atoms with van der Waals surface area (Å²) in [5.74, 6) is 3.28. The molecular formula is C13H15BrClN3. The molecule has 0 amide bonds. The van der Waals surface area contributed by atoms with Gasteiger partial charge in [0.05, 0.1) is 0 Å². The Balaban J connectivity index is 2.03. The van der Waals surface area contributed by atoms with Crippen LogP contribution in [0.5, 0.6) is 0 Å². The Kier molecular flexibility index (Phi) is 3.32. The number of hydrogen-bond acceptors (Lipinski definition) is 2. The number of nitrogens with zero attached hydrogens (tertiary/aromatic N) is 3. The van der Waals surface area contributed by atoms with Crippen LogP contribution in [0.25, 0.3) is 11.2 Å². The zero-order chi connectivity index (χ0) is 12.7. The van der Waals surface area contributed by atoms with Crippen molar-refractivity contribution in [3.63, 3.8) is 0 Å². The van der Waals surface area contributed by atoms with Crippen molar-refractivity contribution in [1.82, 2.24) is 14.5 Å². The lowest BCUT2D eigenvalue weighted by Gasteiger charge is -2.06. The zero-order valence-electron chi connectivity index (χ0n) is 10.2. The smallest absolute Gasteiger partial charge is 0.160 e. The maximum Gasteiger partial charge on any atom is 0.160 e. The molecule has 96 valence electrons. The van der Waals surface area contributed by atoms with E-state index in [-0.39, 0.29) is 0 Å². The van der Waals surface area contributed by atoms with E-state index < -0.39 is 0 Å². The van der Waals surface area contributed by atoms with E-state index in [1.807, 2.05) is 12.3 Å². The van der Waals surface area contributed by atoms with Gasteiger partial charge in [-0.2, -0.15) is 0 Å². The van der Waals surface area contributed by atoms with Gasteiger partial charge in [-0.15, -0.1) is 11.6 Å². The van der Waals surface area contributed by atoms with E-state index in [1.165, 1.54) is 6.42 Å². The Bertz CT molecular complexity index is 581. The average Bonchev–Trinajstić information content (AvgIpc) is 2.92. The summed E-state index contributed by atoms with van der Waals surface area (Å²) in [4.78, 5) is 9.16. The molecule has 2 unspecified atom stereocenters. The van der Waals surface area contributed by atoms with Gasteiger partial charge in [0.2, 0.25) is 0 Å². The number of hydrogen-bond donors (Lipinski definition) is 0. The molecule has 3 nitrogen and oxygen atoms in total. The van der Waals surface area contributed by atoms with Gasteiger partial charge in [0.1, 0.15) is 11.3 Å². The van der Waals surface area contributed by atoms with Crippen molar-refractivity contribution in [1.29, 1.82) is 0 Å². The Morgan fingerprint density at radius 1 is 1.56 bits per heavy atom. The molecule has 1 aliphatic rings. The predicted octanol–water partition coefficient (Wildman–Crippen LogP) is 3.63. The second-order valence-electron chi connectivity index (χ2n) is 5.05. The number of aryl methyl sites for hydroxylation is 1. The van der Waals surface area contributed by atoms with Crippen LogP contribution in [-0.4, -0.2) is 20.4 Å². The maximum atomic E-state index is 5.86. The molecule has 5 heteroatoms. The van der Waals surface area contributed by atoms with Crippen LogP contribution in [0.15, 0.2) is 16.7 Å². The van der Waals surface area contributed by atoms with Crippen molar-refractivity contribution in [2.75, 3.05) is 5.88 Å². The third-order valence-electron chi connectivity index (χ3n) is 3.64.